The molecule has 0 aromatic rings. The van der Waals surface area contributed by atoms with Gasteiger partial charge in [-0.25, -0.2) is 0 Å². The van der Waals surface area contributed by atoms with Crippen LogP contribution < -0.4 is 10.6 Å². The smallest absolute Gasteiger partial charge is 0.245 e. The Morgan fingerprint density at radius 1 is 1.36 bits per heavy atom. The summed E-state index contributed by atoms with van der Waals surface area (Å²) in [7, 11) is 0. The van der Waals surface area contributed by atoms with Crippen LogP contribution in [-0.2, 0) is 9.59 Å². The van der Waals surface area contributed by atoms with Gasteiger partial charge in [0.1, 0.15) is 6.04 Å². The molecule has 0 spiro atoms. The van der Waals surface area contributed by atoms with Crippen molar-refractivity contribution in [3.8, 4) is 0 Å². The van der Waals surface area contributed by atoms with Crippen molar-refractivity contribution in [2.45, 2.75) is 58.5 Å². The van der Waals surface area contributed by atoms with Crippen LogP contribution in [-0.4, -0.2) is 48.4 Å². The number of nitrogens with one attached hydrogen (secondary N) is 2. The van der Waals surface area contributed by atoms with Crippen molar-refractivity contribution >= 4 is 24.2 Å². The Labute approximate surface area is 140 Å². The highest BCUT2D eigenvalue weighted by atomic mass is 35.5. The van der Waals surface area contributed by atoms with Crippen molar-refractivity contribution in [3.05, 3.63) is 0 Å². The summed E-state index contributed by atoms with van der Waals surface area (Å²) >= 11 is 0. The number of carbonyl (C=O) groups is 2. The number of piperidine rings is 1. The van der Waals surface area contributed by atoms with Gasteiger partial charge in [-0.1, -0.05) is 6.92 Å². The van der Waals surface area contributed by atoms with Crippen molar-refractivity contribution in [2.75, 3.05) is 19.6 Å². The van der Waals surface area contributed by atoms with Crippen LogP contribution in [0.1, 0.15) is 46.5 Å². The van der Waals surface area contributed by atoms with Gasteiger partial charge in [-0.3, -0.25) is 9.59 Å². The lowest BCUT2D eigenvalue weighted by atomic mass is 9.85. The van der Waals surface area contributed by atoms with Crippen LogP contribution in [0.25, 0.3) is 0 Å². The Morgan fingerprint density at radius 2 is 2.09 bits per heavy atom. The van der Waals surface area contributed by atoms with Gasteiger partial charge in [-0.15, -0.1) is 12.4 Å². The molecule has 0 aromatic carbocycles. The molecule has 0 saturated carbocycles. The molecule has 3 unspecified atom stereocenters. The molecular formula is C16H30ClN3O2. The first-order valence-electron chi connectivity index (χ1n) is 8.29. The van der Waals surface area contributed by atoms with Gasteiger partial charge in [0.25, 0.3) is 0 Å². The van der Waals surface area contributed by atoms with Crippen LogP contribution in [0.15, 0.2) is 0 Å². The monoisotopic (exact) mass is 331 g/mol. The first-order chi connectivity index (χ1) is 9.99. The van der Waals surface area contributed by atoms with E-state index in [9.17, 15) is 9.59 Å². The molecule has 2 fully saturated rings. The molecule has 2 aliphatic heterocycles. The summed E-state index contributed by atoms with van der Waals surface area (Å²) in [6.45, 7) is 9.03. The van der Waals surface area contributed by atoms with E-state index in [1.54, 1.807) is 0 Å². The molecule has 3 atom stereocenters. The number of nitrogens with zero attached hydrogens (tertiary/aromatic N) is 1. The fourth-order valence-electron chi connectivity index (χ4n) is 3.43. The predicted octanol–water partition coefficient (Wildman–Crippen LogP) is 1.56. The van der Waals surface area contributed by atoms with E-state index in [0.29, 0.717) is 18.3 Å². The average Bonchev–Trinajstić information content (AvgIpc) is 2.81. The van der Waals surface area contributed by atoms with Gasteiger partial charge < -0.3 is 15.5 Å². The Balaban J connectivity index is 0.00000242. The van der Waals surface area contributed by atoms with Crippen LogP contribution in [0.2, 0.25) is 0 Å². The van der Waals surface area contributed by atoms with E-state index >= 15 is 0 Å². The van der Waals surface area contributed by atoms with E-state index in [2.05, 4.69) is 17.6 Å². The lowest BCUT2D eigenvalue weighted by Crippen LogP contribution is -2.44. The van der Waals surface area contributed by atoms with E-state index in [1.165, 1.54) is 12.8 Å². The summed E-state index contributed by atoms with van der Waals surface area (Å²) in [6, 6.07) is -0.0942. The number of rotatable bonds is 5. The van der Waals surface area contributed by atoms with E-state index in [1.807, 2.05) is 18.7 Å². The SMILES string of the molecule is CC(CC(=O)NC1CCN(C(C)C)C1=O)C1CCCNC1.Cl. The Bertz CT molecular complexity index is 384. The molecule has 0 bridgehead atoms. The summed E-state index contributed by atoms with van der Waals surface area (Å²) in [5.41, 5.74) is 0. The summed E-state index contributed by atoms with van der Waals surface area (Å²) in [4.78, 5) is 26.2. The molecule has 2 saturated heterocycles. The van der Waals surface area contributed by atoms with Gasteiger partial charge in [-0.2, -0.15) is 0 Å². The highest BCUT2D eigenvalue weighted by molar-refractivity contribution is 5.89. The second-order valence-electron chi connectivity index (χ2n) is 6.82. The number of likely N-dealkylation sites (tertiary alicyclic amines) is 1. The van der Waals surface area contributed by atoms with Gasteiger partial charge in [-0.05, 0) is 58.0 Å². The molecule has 22 heavy (non-hydrogen) atoms. The maximum Gasteiger partial charge on any atom is 0.245 e. The normalized spacial score (nSPS) is 26.7. The maximum atomic E-state index is 12.2. The third kappa shape index (κ3) is 4.85. The Hall–Kier alpha value is -0.810. The molecule has 2 N–H and O–H groups in total. The third-order valence-corrected chi connectivity index (χ3v) is 4.85. The molecule has 0 radical (unpaired) electrons. The molecule has 0 aromatic heterocycles. The Morgan fingerprint density at radius 3 is 2.64 bits per heavy atom. The van der Waals surface area contributed by atoms with E-state index in [4.69, 9.17) is 0 Å². The van der Waals surface area contributed by atoms with E-state index in [0.717, 1.165) is 26.1 Å². The number of hydrogen-bond acceptors (Lipinski definition) is 3. The molecule has 2 amide bonds. The molecule has 2 aliphatic rings. The van der Waals surface area contributed by atoms with Crippen molar-refractivity contribution in [2.24, 2.45) is 11.8 Å². The molecular weight excluding hydrogens is 302 g/mol. The minimum absolute atomic E-state index is 0. The van der Waals surface area contributed by atoms with Gasteiger partial charge in [0, 0.05) is 19.0 Å². The molecule has 2 rings (SSSR count). The molecule has 128 valence electrons. The number of hydrogen-bond donors (Lipinski definition) is 2. The third-order valence-electron chi connectivity index (χ3n) is 4.85. The van der Waals surface area contributed by atoms with Gasteiger partial charge in [0.2, 0.25) is 11.8 Å². The van der Waals surface area contributed by atoms with Crippen LogP contribution >= 0.6 is 12.4 Å². The number of amides is 2. The highest BCUT2D eigenvalue weighted by Gasteiger charge is 2.34. The lowest BCUT2D eigenvalue weighted by molar-refractivity contribution is -0.134. The number of halogens is 1. The summed E-state index contributed by atoms with van der Waals surface area (Å²) in [5, 5.41) is 6.33. The lowest BCUT2D eigenvalue weighted by Gasteiger charge is -2.28. The first kappa shape index (κ1) is 19.2. The van der Waals surface area contributed by atoms with Gasteiger partial charge in [0.15, 0.2) is 0 Å². The van der Waals surface area contributed by atoms with Crippen LogP contribution in [0.5, 0.6) is 0 Å². The van der Waals surface area contributed by atoms with Crippen LogP contribution in [0.3, 0.4) is 0 Å². The zero-order valence-electron chi connectivity index (χ0n) is 13.9. The predicted molar refractivity (Wildman–Crippen MR) is 90.0 cm³/mol. The van der Waals surface area contributed by atoms with E-state index < -0.39 is 0 Å². The molecule has 2 heterocycles. The Kier molecular flexibility index (Phi) is 7.63. The second-order valence-corrected chi connectivity index (χ2v) is 6.82. The zero-order valence-corrected chi connectivity index (χ0v) is 14.7. The summed E-state index contributed by atoms with van der Waals surface area (Å²) in [5.74, 6) is 1.05. The maximum absolute atomic E-state index is 12.2. The first-order valence-corrected chi connectivity index (χ1v) is 8.29. The van der Waals surface area contributed by atoms with Crippen molar-refractivity contribution in [1.82, 2.24) is 15.5 Å². The fourth-order valence-corrected chi connectivity index (χ4v) is 3.43. The largest absolute Gasteiger partial charge is 0.344 e. The van der Waals surface area contributed by atoms with Crippen molar-refractivity contribution in [1.29, 1.82) is 0 Å². The standard InChI is InChI=1S/C16H29N3O2.ClH/c1-11(2)19-8-6-14(16(19)21)18-15(20)9-12(3)13-5-4-7-17-10-13;/h11-14,17H,4-10H2,1-3H3,(H,18,20);1H. The average molecular weight is 332 g/mol. The topological polar surface area (TPSA) is 61.4 Å². The second kappa shape index (κ2) is 8.73. The highest BCUT2D eigenvalue weighted by Crippen LogP contribution is 2.23. The van der Waals surface area contributed by atoms with Gasteiger partial charge >= 0.3 is 0 Å². The van der Waals surface area contributed by atoms with Crippen LogP contribution in [0, 0.1) is 11.8 Å². The van der Waals surface area contributed by atoms with Crippen molar-refractivity contribution < 1.29 is 9.59 Å². The van der Waals surface area contributed by atoms with Gasteiger partial charge in [0.05, 0.1) is 0 Å². The minimum Gasteiger partial charge on any atom is -0.344 e. The minimum atomic E-state index is -0.309. The zero-order chi connectivity index (χ0) is 15.4. The van der Waals surface area contributed by atoms with E-state index in [-0.39, 0.29) is 36.3 Å². The number of carbonyl (C=O) groups excluding carboxylic acids is 2. The fraction of sp³-hybridized carbons (Fsp3) is 0.875. The van der Waals surface area contributed by atoms with Crippen molar-refractivity contribution in [3.63, 3.8) is 0 Å². The molecule has 6 heteroatoms. The summed E-state index contributed by atoms with van der Waals surface area (Å²) < 4.78 is 0. The van der Waals surface area contributed by atoms with Crippen LogP contribution in [0.4, 0.5) is 0 Å². The summed E-state index contributed by atoms with van der Waals surface area (Å²) in [6.07, 6.45) is 3.66. The quantitative estimate of drug-likeness (QED) is 0.803. The molecule has 0 aliphatic carbocycles. The molecule has 5 nitrogen and oxygen atoms in total.